The summed E-state index contributed by atoms with van der Waals surface area (Å²) in [6.07, 6.45) is 1.58. The first kappa shape index (κ1) is 23.7. The molecular formula is C25H17BrFNO5S. The van der Waals surface area contributed by atoms with Crippen molar-refractivity contribution < 1.29 is 28.2 Å². The van der Waals surface area contributed by atoms with Crippen molar-refractivity contribution in [2.24, 2.45) is 0 Å². The molecule has 0 spiro atoms. The summed E-state index contributed by atoms with van der Waals surface area (Å²) in [7, 11) is 1.42. The molecule has 2 amide bonds. The second kappa shape index (κ2) is 10.2. The van der Waals surface area contributed by atoms with Gasteiger partial charge >= 0.3 is 5.97 Å². The number of thioether (sulfide) groups is 1. The summed E-state index contributed by atoms with van der Waals surface area (Å²) in [5.74, 6) is -1.09. The van der Waals surface area contributed by atoms with E-state index in [0.717, 1.165) is 21.8 Å². The molecule has 1 saturated heterocycles. The van der Waals surface area contributed by atoms with Crippen LogP contribution in [0.2, 0.25) is 0 Å². The van der Waals surface area contributed by atoms with Crippen LogP contribution in [0.25, 0.3) is 6.08 Å². The molecule has 3 aromatic carbocycles. The van der Waals surface area contributed by atoms with Gasteiger partial charge in [-0.25, -0.2) is 9.18 Å². The first-order valence-corrected chi connectivity index (χ1v) is 11.6. The number of amides is 2. The van der Waals surface area contributed by atoms with E-state index in [1.165, 1.54) is 42.3 Å². The van der Waals surface area contributed by atoms with Gasteiger partial charge in [0.2, 0.25) is 0 Å². The van der Waals surface area contributed by atoms with Gasteiger partial charge in [0, 0.05) is 4.47 Å². The van der Waals surface area contributed by atoms with E-state index in [-0.39, 0.29) is 33.8 Å². The number of benzene rings is 3. The summed E-state index contributed by atoms with van der Waals surface area (Å²) >= 11 is 4.29. The Morgan fingerprint density at radius 3 is 2.50 bits per heavy atom. The Kier molecular flexibility index (Phi) is 7.14. The molecule has 1 aliphatic rings. The lowest BCUT2D eigenvalue weighted by Gasteiger charge is -2.13. The van der Waals surface area contributed by atoms with Crippen LogP contribution in [0, 0.1) is 5.82 Å². The Morgan fingerprint density at radius 2 is 1.79 bits per heavy atom. The average molecular weight is 542 g/mol. The van der Waals surface area contributed by atoms with Crippen molar-refractivity contribution in [2.75, 3.05) is 7.11 Å². The van der Waals surface area contributed by atoms with Gasteiger partial charge < -0.3 is 9.47 Å². The number of imide groups is 1. The summed E-state index contributed by atoms with van der Waals surface area (Å²) < 4.78 is 24.6. The van der Waals surface area contributed by atoms with E-state index in [1.807, 2.05) is 24.3 Å². The number of methoxy groups -OCH3 is 1. The van der Waals surface area contributed by atoms with Gasteiger partial charge in [0.1, 0.15) is 5.82 Å². The van der Waals surface area contributed by atoms with Crippen molar-refractivity contribution in [2.45, 2.75) is 6.54 Å². The number of esters is 1. The Hall–Kier alpha value is -3.43. The van der Waals surface area contributed by atoms with Crippen LogP contribution in [0.1, 0.15) is 21.5 Å². The fourth-order valence-corrected chi connectivity index (χ4v) is 4.44. The maximum Gasteiger partial charge on any atom is 0.343 e. The minimum atomic E-state index is -0.667. The van der Waals surface area contributed by atoms with Gasteiger partial charge in [0.15, 0.2) is 11.5 Å². The van der Waals surface area contributed by atoms with Gasteiger partial charge in [0.05, 0.1) is 24.1 Å². The number of rotatable bonds is 6. The van der Waals surface area contributed by atoms with Crippen LogP contribution < -0.4 is 9.47 Å². The molecule has 3 aromatic rings. The molecular weight excluding hydrogens is 525 g/mol. The van der Waals surface area contributed by atoms with Crippen LogP contribution in [0.15, 0.2) is 76.1 Å². The maximum atomic E-state index is 13.1. The van der Waals surface area contributed by atoms with Crippen molar-refractivity contribution in [3.05, 3.63) is 98.6 Å². The van der Waals surface area contributed by atoms with Crippen molar-refractivity contribution in [1.29, 1.82) is 0 Å². The number of nitrogens with zero attached hydrogens (tertiary/aromatic N) is 1. The number of carbonyl (C=O) groups is 3. The fraction of sp³-hybridized carbons (Fsp3) is 0.0800. The van der Waals surface area contributed by atoms with Gasteiger partial charge in [-0.3, -0.25) is 14.5 Å². The molecule has 0 bridgehead atoms. The molecule has 6 nitrogen and oxygen atoms in total. The lowest BCUT2D eigenvalue weighted by atomic mass is 10.1. The normalized spacial score (nSPS) is 14.6. The molecule has 0 atom stereocenters. The molecule has 0 N–H and O–H groups in total. The lowest BCUT2D eigenvalue weighted by molar-refractivity contribution is -0.123. The molecule has 34 heavy (non-hydrogen) atoms. The van der Waals surface area contributed by atoms with E-state index >= 15 is 0 Å². The van der Waals surface area contributed by atoms with E-state index in [0.29, 0.717) is 5.56 Å². The SMILES string of the molecule is COc1cc(/C=C2\SC(=O)N(Cc3ccccc3Br)C2=O)ccc1OC(=O)c1ccc(F)cc1. The molecule has 0 saturated carbocycles. The Bertz CT molecular complexity index is 1310. The van der Waals surface area contributed by atoms with Crippen LogP contribution in [-0.4, -0.2) is 29.1 Å². The summed E-state index contributed by atoms with van der Waals surface area (Å²) in [4.78, 5) is 39.1. The highest BCUT2D eigenvalue weighted by molar-refractivity contribution is 9.10. The highest BCUT2D eigenvalue weighted by atomic mass is 79.9. The largest absolute Gasteiger partial charge is 0.493 e. The Morgan fingerprint density at radius 1 is 1.06 bits per heavy atom. The average Bonchev–Trinajstić information content (AvgIpc) is 3.09. The van der Waals surface area contributed by atoms with Gasteiger partial charge in [-0.2, -0.15) is 0 Å². The molecule has 0 unspecified atom stereocenters. The van der Waals surface area contributed by atoms with Crippen molar-refractivity contribution >= 4 is 50.9 Å². The Balaban J connectivity index is 1.52. The summed E-state index contributed by atoms with van der Waals surface area (Å²) in [6.45, 7) is 0.158. The fourth-order valence-electron chi connectivity index (χ4n) is 3.19. The second-order valence-electron chi connectivity index (χ2n) is 7.17. The highest BCUT2D eigenvalue weighted by Gasteiger charge is 2.35. The zero-order valence-corrected chi connectivity index (χ0v) is 20.2. The van der Waals surface area contributed by atoms with Gasteiger partial charge in [-0.05, 0) is 71.4 Å². The molecule has 1 heterocycles. The minimum absolute atomic E-state index is 0.158. The smallest absolute Gasteiger partial charge is 0.343 e. The Labute approximate surface area is 207 Å². The zero-order chi connectivity index (χ0) is 24.2. The molecule has 172 valence electrons. The maximum absolute atomic E-state index is 13.1. The third-order valence-electron chi connectivity index (χ3n) is 4.93. The number of halogens is 2. The van der Waals surface area contributed by atoms with E-state index in [2.05, 4.69) is 15.9 Å². The van der Waals surface area contributed by atoms with Crippen LogP contribution in [0.4, 0.5) is 9.18 Å². The topological polar surface area (TPSA) is 72.9 Å². The van der Waals surface area contributed by atoms with Crippen molar-refractivity contribution in [3.63, 3.8) is 0 Å². The second-order valence-corrected chi connectivity index (χ2v) is 9.01. The summed E-state index contributed by atoms with van der Waals surface area (Å²) in [5.41, 5.74) is 1.59. The van der Waals surface area contributed by atoms with Gasteiger partial charge in [-0.1, -0.05) is 40.2 Å². The number of carbonyl (C=O) groups excluding carboxylic acids is 3. The van der Waals surface area contributed by atoms with E-state index in [4.69, 9.17) is 9.47 Å². The molecule has 0 radical (unpaired) electrons. The minimum Gasteiger partial charge on any atom is -0.493 e. The molecule has 4 rings (SSSR count). The van der Waals surface area contributed by atoms with Crippen LogP contribution >= 0.6 is 27.7 Å². The van der Waals surface area contributed by atoms with E-state index in [9.17, 15) is 18.8 Å². The number of hydrogen-bond acceptors (Lipinski definition) is 6. The quantitative estimate of drug-likeness (QED) is 0.215. The van der Waals surface area contributed by atoms with E-state index < -0.39 is 17.7 Å². The lowest BCUT2D eigenvalue weighted by Crippen LogP contribution is -2.27. The summed E-state index contributed by atoms with van der Waals surface area (Å²) in [5, 5.41) is -0.358. The van der Waals surface area contributed by atoms with Crippen LogP contribution in [0.5, 0.6) is 11.5 Å². The van der Waals surface area contributed by atoms with Gasteiger partial charge in [-0.15, -0.1) is 0 Å². The third kappa shape index (κ3) is 5.21. The van der Waals surface area contributed by atoms with Gasteiger partial charge in [0.25, 0.3) is 11.1 Å². The number of ether oxygens (including phenoxy) is 2. The molecule has 9 heteroatoms. The predicted molar refractivity (Wildman–Crippen MR) is 130 cm³/mol. The summed E-state index contributed by atoms with van der Waals surface area (Å²) in [6, 6.07) is 17.1. The monoisotopic (exact) mass is 541 g/mol. The van der Waals surface area contributed by atoms with Crippen molar-refractivity contribution in [3.8, 4) is 11.5 Å². The zero-order valence-electron chi connectivity index (χ0n) is 17.8. The van der Waals surface area contributed by atoms with Crippen LogP contribution in [0.3, 0.4) is 0 Å². The standard InChI is InChI=1S/C25H17BrFNO5S/c1-32-21-12-15(6-11-20(21)33-24(30)16-7-9-18(27)10-8-16)13-22-23(29)28(25(31)34-22)14-17-4-2-3-5-19(17)26/h2-13H,14H2,1H3/b22-13-. The third-order valence-corrected chi connectivity index (χ3v) is 6.61. The predicted octanol–water partition coefficient (Wildman–Crippen LogP) is 6.05. The van der Waals surface area contributed by atoms with Crippen molar-refractivity contribution in [1.82, 2.24) is 4.90 Å². The molecule has 1 fully saturated rings. The van der Waals surface area contributed by atoms with E-state index in [1.54, 1.807) is 18.2 Å². The molecule has 1 aliphatic heterocycles. The van der Waals surface area contributed by atoms with Crippen LogP contribution in [-0.2, 0) is 11.3 Å². The highest BCUT2D eigenvalue weighted by Crippen LogP contribution is 2.36. The molecule has 0 aliphatic carbocycles. The number of hydrogen-bond donors (Lipinski definition) is 0. The first-order chi connectivity index (χ1) is 16.4. The first-order valence-electron chi connectivity index (χ1n) is 10.0. The molecule has 0 aromatic heterocycles.